The van der Waals surface area contributed by atoms with Gasteiger partial charge in [-0.25, -0.2) is 18.4 Å². The van der Waals surface area contributed by atoms with Gasteiger partial charge in [-0.1, -0.05) is 13.8 Å². The molecule has 2 aliphatic heterocycles. The summed E-state index contributed by atoms with van der Waals surface area (Å²) in [5, 5.41) is 0. The standard InChI is InChI=1S/C16H25N5O4S/c1-11(2)12-8-13(19-15(17)18-12)14(22)20-5-4-16(9-20)10-21(6-7-25-16)26(3,23)24/h8,11H,4-7,9-10H2,1-3H3,(H2,17,18,19). The third-order valence-electron chi connectivity index (χ3n) is 4.86. The van der Waals surface area contributed by atoms with E-state index >= 15 is 0 Å². The molecule has 1 amide bonds. The average molecular weight is 383 g/mol. The zero-order valence-electron chi connectivity index (χ0n) is 15.3. The SMILES string of the molecule is CC(C)c1cc(C(=O)N2CCC3(C2)CN(S(C)(=O)=O)CCO3)nc(N)n1. The van der Waals surface area contributed by atoms with Crippen LogP contribution in [-0.2, 0) is 14.8 Å². The highest BCUT2D eigenvalue weighted by Crippen LogP contribution is 2.31. The number of hydrogen-bond donors (Lipinski definition) is 1. The summed E-state index contributed by atoms with van der Waals surface area (Å²) in [5.74, 6) is -0.0367. The number of aromatic nitrogens is 2. The van der Waals surface area contributed by atoms with Crippen LogP contribution in [0.25, 0.3) is 0 Å². The summed E-state index contributed by atoms with van der Waals surface area (Å²) in [7, 11) is -3.29. The number of ether oxygens (including phenoxy) is 1. The first-order valence-electron chi connectivity index (χ1n) is 8.62. The summed E-state index contributed by atoms with van der Waals surface area (Å²) in [4.78, 5) is 22.8. The van der Waals surface area contributed by atoms with Crippen molar-refractivity contribution in [3.63, 3.8) is 0 Å². The molecule has 3 heterocycles. The molecule has 0 aliphatic carbocycles. The first kappa shape index (κ1) is 19.0. The molecule has 3 rings (SSSR count). The molecule has 2 fully saturated rings. The third-order valence-corrected chi connectivity index (χ3v) is 6.11. The Labute approximate surface area is 153 Å². The number of rotatable bonds is 3. The van der Waals surface area contributed by atoms with Crippen LogP contribution in [0.5, 0.6) is 0 Å². The molecule has 10 heteroatoms. The summed E-state index contributed by atoms with van der Waals surface area (Å²) in [6.07, 6.45) is 1.78. The van der Waals surface area contributed by atoms with Crippen LogP contribution in [0, 0.1) is 0 Å². The minimum atomic E-state index is -3.29. The lowest BCUT2D eigenvalue weighted by Gasteiger charge is -2.39. The van der Waals surface area contributed by atoms with Crippen LogP contribution in [0.1, 0.15) is 42.4 Å². The van der Waals surface area contributed by atoms with Crippen LogP contribution < -0.4 is 5.73 Å². The van der Waals surface area contributed by atoms with E-state index in [4.69, 9.17) is 10.5 Å². The third kappa shape index (κ3) is 3.81. The van der Waals surface area contributed by atoms with Crippen LogP contribution in [-0.4, -0.2) is 78.1 Å². The number of morpholine rings is 1. The summed E-state index contributed by atoms with van der Waals surface area (Å²) in [5.41, 5.74) is 6.06. The molecule has 1 unspecified atom stereocenters. The molecule has 0 aromatic carbocycles. The van der Waals surface area contributed by atoms with Crippen molar-refractivity contribution in [2.24, 2.45) is 0 Å². The van der Waals surface area contributed by atoms with E-state index in [0.717, 1.165) is 0 Å². The number of nitrogen functional groups attached to an aromatic ring is 1. The second-order valence-corrected chi connectivity index (χ2v) is 9.28. The highest BCUT2D eigenvalue weighted by Gasteiger charge is 2.46. The van der Waals surface area contributed by atoms with Crippen molar-refractivity contribution in [3.05, 3.63) is 17.5 Å². The Morgan fingerprint density at radius 2 is 2.04 bits per heavy atom. The number of nitrogens with zero attached hydrogens (tertiary/aromatic N) is 4. The second-order valence-electron chi connectivity index (χ2n) is 7.30. The number of sulfonamides is 1. The largest absolute Gasteiger partial charge is 0.370 e. The molecule has 9 nitrogen and oxygen atoms in total. The first-order chi connectivity index (χ1) is 12.1. The minimum Gasteiger partial charge on any atom is -0.370 e. The maximum absolute atomic E-state index is 12.9. The number of nitrogens with two attached hydrogens (primary N) is 1. The van der Waals surface area contributed by atoms with Gasteiger partial charge in [0.05, 0.1) is 19.4 Å². The van der Waals surface area contributed by atoms with Crippen LogP contribution in [0.2, 0.25) is 0 Å². The van der Waals surface area contributed by atoms with Crippen molar-refractivity contribution < 1.29 is 17.9 Å². The van der Waals surface area contributed by atoms with Crippen LogP contribution in [0.3, 0.4) is 0 Å². The van der Waals surface area contributed by atoms with Crippen molar-refractivity contribution in [2.75, 3.05) is 44.8 Å². The lowest BCUT2D eigenvalue weighted by molar-refractivity contribution is -0.0795. The topological polar surface area (TPSA) is 119 Å². The van der Waals surface area contributed by atoms with Gasteiger partial charge in [0, 0.05) is 25.3 Å². The van der Waals surface area contributed by atoms with Gasteiger partial charge in [-0.05, 0) is 18.4 Å². The molecule has 1 aromatic heterocycles. The van der Waals surface area contributed by atoms with Gasteiger partial charge in [0.2, 0.25) is 16.0 Å². The fourth-order valence-electron chi connectivity index (χ4n) is 3.41. The van der Waals surface area contributed by atoms with Gasteiger partial charge < -0.3 is 15.4 Å². The maximum Gasteiger partial charge on any atom is 0.272 e. The number of amides is 1. The Morgan fingerprint density at radius 1 is 1.31 bits per heavy atom. The van der Waals surface area contributed by atoms with E-state index in [1.54, 1.807) is 11.0 Å². The van der Waals surface area contributed by atoms with Gasteiger partial charge in [0.1, 0.15) is 11.3 Å². The Morgan fingerprint density at radius 3 is 2.69 bits per heavy atom. The number of likely N-dealkylation sites (tertiary alicyclic amines) is 1. The number of anilines is 1. The monoisotopic (exact) mass is 383 g/mol. The van der Waals surface area contributed by atoms with E-state index in [9.17, 15) is 13.2 Å². The Kier molecular flexibility index (Phi) is 4.93. The van der Waals surface area contributed by atoms with E-state index in [0.29, 0.717) is 38.4 Å². The summed E-state index contributed by atoms with van der Waals surface area (Å²) in [6, 6.07) is 1.67. The lowest BCUT2D eigenvalue weighted by atomic mass is 10.0. The normalized spacial score (nSPS) is 24.5. The van der Waals surface area contributed by atoms with E-state index in [-0.39, 0.29) is 30.0 Å². The number of hydrogen-bond acceptors (Lipinski definition) is 7. The van der Waals surface area contributed by atoms with Crippen molar-refractivity contribution in [3.8, 4) is 0 Å². The molecule has 0 bridgehead atoms. The molecular weight excluding hydrogens is 358 g/mol. The lowest BCUT2D eigenvalue weighted by Crippen LogP contribution is -2.54. The first-order valence-corrected chi connectivity index (χ1v) is 10.5. The molecule has 1 aromatic rings. The van der Waals surface area contributed by atoms with E-state index < -0.39 is 15.6 Å². The van der Waals surface area contributed by atoms with Gasteiger partial charge in [0.25, 0.3) is 5.91 Å². The molecule has 0 radical (unpaired) electrons. The highest BCUT2D eigenvalue weighted by atomic mass is 32.2. The van der Waals surface area contributed by atoms with Crippen molar-refractivity contribution in [2.45, 2.75) is 31.8 Å². The van der Waals surface area contributed by atoms with Crippen LogP contribution >= 0.6 is 0 Å². The minimum absolute atomic E-state index is 0.0747. The fourth-order valence-corrected chi connectivity index (χ4v) is 4.29. The summed E-state index contributed by atoms with van der Waals surface area (Å²) < 4.78 is 31.0. The molecule has 144 valence electrons. The number of carbonyl (C=O) groups excluding carboxylic acids is 1. The van der Waals surface area contributed by atoms with E-state index in [1.165, 1.54) is 10.6 Å². The predicted octanol–water partition coefficient (Wildman–Crippen LogP) is 0.0587. The van der Waals surface area contributed by atoms with Crippen LogP contribution in [0.15, 0.2) is 6.07 Å². The molecule has 2 N–H and O–H groups in total. The van der Waals surface area contributed by atoms with Gasteiger partial charge in [-0.3, -0.25) is 4.79 Å². The number of carbonyl (C=O) groups is 1. The quantitative estimate of drug-likeness (QED) is 0.784. The highest BCUT2D eigenvalue weighted by molar-refractivity contribution is 7.88. The van der Waals surface area contributed by atoms with E-state index in [2.05, 4.69) is 9.97 Å². The van der Waals surface area contributed by atoms with Crippen molar-refractivity contribution in [1.29, 1.82) is 0 Å². The molecule has 0 saturated carbocycles. The van der Waals surface area contributed by atoms with Gasteiger partial charge in [0.15, 0.2) is 0 Å². The maximum atomic E-state index is 12.9. The van der Waals surface area contributed by atoms with Gasteiger partial charge in [-0.15, -0.1) is 0 Å². The predicted molar refractivity (Wildman–Crippen MR) is 96.2 cm³/mol. The molecule has 2 saturated heterocycles. The van der Waals surface area contributed by atoms with Gasteiger partial charge >= 0.3 is 0 Å². The van der Waals surface area contributed by atoms with E-state index in [1.807, 2.05) is 13.8 Å². The zero-order valence-corrected chi connectivity index (χ0v) is 16.1. The van der Waals surface area contributed by atoms with Gasteiger partial charge in [-0.2, -0.15) is 4.31 Å². The molecular formula is C16H25N5O4S. The summed E-state index contributed by atoms with van der Waals surface area (Å²) >= 11 is 0. The Bertz CT molecular complexity index is 813. The Hall–Kier alpha value is -1.78. The second kappa shape index (κ2) is 6.75. The average Bonchev–Trinajstić information content (AvgIpc) is 2.96. The molecule has 1 atom stereocenters. The smallest absolute Gasteiger partial charge is 0.272 e. The molecule has 26 heavy (non-hydrogen) atoms. The fraction of sp³-hybridized carbons (Fsp3) is 0.688. The molecule has 1 spiro atoms. The molecule has 2 aliphatic rings. The van der Waals surface area contributed by atoms with Crippen molar-refractivity contribution in [1.82, 2.24) is 19.2 Å². The van der Waals surface area contributed by atoms with Crippen molar-refractivity contribution >= 4 is 21.9 Å². The Balaban J connectivity index is 1.77. The zero-order chi connectivity index (χ0) is 19.1. The summed E-state index contributed by atoms with van der Waals surface area (Å²) in [6.45, 7) is 5.68. The van der Waals surface area contributed by atoms with Crippen LogP contribution in [0.4, 0.5) is 5.95 Å².